The van der Waals surface area contributed by atoms with Crippen molar-refractivity contribution in [2.24, 2.45) is 0 Å². The number of nitrogens with zero attached hydrogens (tertiary/aromatic N) is 2. The largest absolute Gasteiger partial charge is 0.458 e. The first-order chi connectivity index (χ1) is 14.1. The monoisotopic (exact) mass is 444 g/mol. The lowest BCUT2D eigenvalue weighted by molar-refractivity contribution is -0.119. The van der Waals surface area contributed by atoms with Gasteiger partial charge in [-0.25, -0.2) is 9.97 Å². The van der Waals surface area contributed by atoms with E-state index < -0.39 is 0 Å². The van der Waals surface area contributed by atoms with Crippen molar-refractivity contribution >= 4 is 51.0 Å². The quantitative estimate of drug-likeness (QED) is 0.440. The number of hydrogen-bond acceptors (Lipinski definition) is 8. The minimum Gasteiger partial charge on any atom is -0.458 e. The predicted octanol–water partition coefficient (Wildman–Crippen LogP) is 4.41. The molecule has 148 valence electrons. The number of thiophene rings is 1. The molecular formula is C19H16N4O3S3. The van der Waals surface area contributed by atoms with Gasteiger partial charge in [0, 0.05) is 17.7 Å². The minimum absolute atomic E-state index is 0.121. The van der Waals surface area contributed by atoms with E-state index in [4.69, 9.17) is 4.42 Å². The van der Waals surface area contributed by atoms with Crippen LogP contribution in [-0.4, -0.2) is 21.8 Å². The van der Waals surface area contributed by atoms with E-state index in [1.165, 1.54) is 29.6 Å². The number of furan rings is 1. The number of carbonyl (C=O) groups excluding carboxylic acids is 2. The van der Waals surface area contributed by atoms with Crippen molar-refractivity contribution in [1.82, 2.24) is 15.3 Å². The highest BCUT2D eigenvalue weighted by atomic mass is 32.1. The zero-order chi connectivity index (χ0) is 20.2. The Hall–Kier alpha value is -2.82. The van der Waals surface area contributed by atoms with Gasteiger partial charge in [0.1, 0.15) is 16.5 Å². The number of anilines is 1. The number of aromatic nitrogens is 2. The van der Waals surface area contributed by atoms with Gasteiger partial charge >= 0.3 is 0 Å². The number of amides is 2. The molecule has 10 heteroatoms. The van der Waals surface area contributed by atoms with Gasteiger partial charge in [-0.3, -0.25) is 9.59 Å². The molecule has 0 bridgehead atoms. The average Bonchev–Trinajstić information content (AvgIpc) is 3.45. The Balaban J connectivity index is 1.35. The van der Waals surface area contributed by atoms with Gasteiger partial charge in [-0.05, 0) is 23.6 Å². The Morgan fingerprint density at radius 3 is 2.79 bits per heavy atom. The third-order valence-corrected chi connectivity index (χ3v) is 6.49. The van der Waals surface area contributed by atoms with Crippen molar-refractivity contribution in [3.05, 3.63) is 51.9 Å². The molecule has 0 unspecified atom stereocenters. The van der Waals surface area contributed by atoms with Crippen LogP contribution < -0.4 is 10.6 Å². The van der Waals surface area contributed by atoms with E-state index in [1.54, 1.807) is 23.5 Å². The molecule has 0 radical (unpaired) electrons. The summed E-state index contributed by atoms with van der Waals surface area (Å²) >= 11 is 4.48. The highest BCUT2D eigenvalue weighted by molar-refractivity contribution is 7.20. The van der Waals surface area contributed by atoms with Crippen molar-refractivity contribution in [2.75, 3.05) is 5.32 Å². The summed E-state index contributed by atoms with van der Waals surface area (Å²) in [5, 5.41) is 12.6. The Morgan fingerprint density at radius 2 is 2.00 bits per heavy atom. The smallest absolute Gasteiger partial charge is 0.232 e. The van der Waals surface area contributed by atoms with E-state index in [-0.39, 0.29) is 18.2 Å². The maximum absolute atomic E-state index is 12.3. The van der Waals surface area contributed by atoms with Gasteiger partial charge in [0.2, 0.25) is 11.8 Å². The molecule has 0 atom stereocenters. The zero-order valence-corrected chi connectivity index (χ0v) is 17.7. The van der Waals surface area contributed by atoms with Gasteiger partial charge < -0.3 is 15.1 Å². The van der Waals surface area contributed by atoms with Gasteiger partial charge in [-0.1, -0.05) is 6.07 Å². The minimum atomic E-state index is -0.167. The number of carbonyl (C=O) groups is 2. The Bertz CT molecular complexity index is 1130. The summed E-state index contributed by atoms with van der Waals surface area (Å²) in [7, 11) is 0. The molecule has 2 N–H and O–H groups in total. The maximum Gasteiger partial charge on any atom is 0.232 e. The second kappa shape index (κ2) is 8.68. The molecule has 0 saturated heterocycles. The van der Waals surface area contributed by atoms with Crippen molar-refractivity contribution in [2.45, 2.75) is 19.9 Å². The summed E-state index contributed by atoms with van der Waals surface area (Å²) in [6, 6.07) is 7.58. The second-order valence-electron chi connectivity index (χ2n) is 6.06. The van der Waals surface area contributed by atoms with Gasteiger partial charge in [0.05, 0.1) is 23.5 Å². The van der Waals surface area contributed by atoms with E-state index in [0.29, 0.717) is 28.9 Å². The topological polar surface area (TPSA) is 97.1 Å². The third-order valence-electron chi connectivity index (χ3n) is 3.80. The van der Waals surface area contributed by atoms with Crippen molar-refractivity contribution in [3.63, 3.8) is 0 Å². The number of hydrogen-bond donors (Lipinski definition) is 2. The lowest BCUT2D eigenvalue weighted by atomic mass is 10.3. The van der Waals surface area contributed by atoms with Crippen molar-refractivity contribution < 1.29 is 14.0 Å². The molecule has 7 nitrogen and oxygen atoms in total. The highest BCUT2D eigenvalue weighted by Crippen LogP contribution is 2.29. The zero-order valence-electron chi connectivity index (χ0n) is 15.3. The summed E-state index contributed by atoms with van der Waals surface area (Å²) in [6.45, 7) is 1.78. The van der Waals surface area contributed by atoms with E-state index in [9.17, 15) is 9.59 Å². The van der Waals surface area contributed by atoms with Gasteiger partial charge in [-0.15, -0.1) is 34.0 Å². The molecule has 29 heavy (non-hydrogen) atoms. The standard InChI is InChI=1S/C19H16N4O3S3/c1-11(24)20-8-13-4-5-15(26-13)14-10-29-19(22-14)23-17(25)7-12-9-28-18(21-12)16-3-2-6-27-16/h2-6,9-10H,7-8H2,1H3,(H,20,24)(H,22,23,25). The fraction of sp³-hybridized carbons (Fsp3) is 0.158. The normalized spacial score (nSPS) is 10.8. The molecule has 4 aromatic heterocycles. The third kappa shape index (κ3) is 4.97. The summed E-state index contributed by atoms with van der Waals surface area (Å²) in [6.07, 6.45) is 0.193. The molecule has 4 rings (SSSR count). The van der Waals surface area contributed by atoms with E-state index in [2.05, 4.69) is 20.6 Å². The summed E-state index contributed by atoms with van der Waals surface area (Å²) in [5.41, 5.74) is 1.37. The molecule has 0 fully saturated rings. The molecule has 0 aromatic carbocycles. The van der Waals surface area contributed by atoms with Crippen LogP contribution in [0, 0.1) is 0 Å². The molecular weight excluding hydrogens is 428 g/mol. The van der Waals surface area contributed by atoms with Crippen LogP contribution in [0.1, 0.15) is 18.4 Å². The maximum atomic E-state index is 12.3. The van der Waals surface area contributed by atoms with Gasteiger partial charge in [0.25, 0.3) is 0 Å². The van der Waals surface area contributed by atoms with Gasteiger partial charge in [0.15, 0.2) is 10.9 Å². The Kier molecular flexibility index (Phi) is 5.84. The summed E-state index contributed by atoms with van der Waals surface area (Å²) in [4.78, 5) is 33.4. The SMILES string of the molecule is CC(=O)NCc1ccc(-c2csc(NC(=O)Cc3csc(-c4cccs4)n3)n2)o1. The van der Waals surface area contributed by atoms with Crippen LogP contribution in [0.4, 0.5) is 5.13 Å². The first kappa shape index (κ1) is 19.5. The molecule has 4 aromatic rings. The number of nitrogens with one attached hydrogen (secondary N) is 2. The van der Waals surface area contributed by atoms with Crippen LogP contribution >= 0.6 is 34.0 Å². The molecule has 4 heterocycles. The predicted molar refractivity (Wildman–Crippen MR) is 115 cm³/mol. The van der Waals surface area contributed by atoms with Crippen LogP contribution in [-0.2, 0) is 22.6 Å². The molecule has 0 aliphatic carbocycles. The van der Waals surface area contributed by atoms with E-state index in [0.717, 1.165) is 15.6 Å². The van der Waals surface area contributed by atoms with E-state index >= 15 is 0 Å². The first-order valence-corrected chi connectivity index (χ1v) is 11.3. The fourth-order valence-electron chi connectivity index (χ4n) is 2.50. The molecule has 0 aliphatic heterocycles. The van der Waals surface area contributed by atoms with Crippen LogP contribution in [0.15, 0.2) is 44.8 Å². The summed E-state index contributed by atoms with van der Waals surface area (Å²) < 4.78 is 5.68. The highest BCUT2D eigenvalue weighted by Gasteiger charge is 2.13. The summed E-state index contributed by atoms with van der Waals surface area (Å²) in [5.74, 6) is 0.935. The van der Waals surface area contributed by atoms with Crippen LogP contribution in [0.5, 0.6) is 0 Å². The molecule has 0 spiro atoms. The number of thiazole rings is 2. The van der Waals surface area contributed by atoms with Gasteiger partial charge in [-0.2, -0.15) is 0 Å². The van der Waals surface area contributed by atoms with Crippen LogP contribution in [0.3, 0.4) is 0 Å². The lowest BCUT2D eigenvalue weighted by Crippen LogP contribution is -2.18. The van der Waals surface area contributed by atoms with E-state index in [1.807, 2.05) is 28.3 Å². The molecule has 0 saturated carbocycles. The lowest BCUT2D eigenvalue weighted by Gasteiger charge is -1.99. The Morgan fingerprint density at radius 1 is 1.10 bits per heavy atom. The molecule has 0 aliphatic rings. The molecule has 2 amide bonds. The van der Waals surface area contributed by atoms with Crippen molar-refractivity contribution in [1.29, 1.82) is 0 Å². The Labute approximate surface area is 178 Å². The fourth-order valence-corrected chi connectivity index (χ4v) is 4.85. The van der Waals surface area contributed by atoms with Crippen LogP contribution in [0.25, 0.3) is 21.3 Å². The second-order valence-corrected chi connectivity index (χ2v) is 8.72. The van der Waals surface area contributed by atoms with Crippen molar-refractivity contribution in [3.8, 4) is 21.3 Å². The van der Waals surface area contributed by atoms with Crippen LogP contribution in [0.2, 0.25) is 0 Å². The first-order valence-electron chi connectivity index (χ1n) is 8.64. The average molecular weight is 445 g/mol. The number of rotatable bonds is 7.